The average molecular weight is 424 g/mol. The number of anilines is 1. The molecule has 30 heavy (non-hydrogen) atoms. The molecule has 0 saturated heterocycles. The van der Waals surface area contributed by atoms with Crippen LogP contribution >= 0.6 is 11.3 Å². The number of nitrogens with zero attached hydrogens (tertiary/aromatic N) is 3. The number of fused-ring (bicyclic) bond motifs is 1. The van der Waals surface area contributed by atoms with Crippen molar-refractivity contribution >= 4 is 51.9 Å². The number of hydrogen-bond donors (Lipinski definition) is 6. The van der Waals surface area contributed by atoms with Gasteiger partial charge in [-0.2, -0.15) is 0 Å². The molecule has 0 aromatic carbocycles. The summed E-state index contributed by atoms with van der Waals surface area (Å²) in [6.07, 6.45) is 6.77. The number of pyridine rings is 1. The van der Waals surface area contributed by atoms with E-state index in [9.17, 15) is 4.79 Å². The number of nitrogens with one attached hydrogen (secondary N) is 4. The number of rotatable bonds is 8. The molecule has 0 aliphatic rings. The van der Waals surface area contributed by atoms with E-state index >= 15 is 0 Å². The van der Waals surface area contributed by atoms with E-state index in [4.69, 9.17) is 27.7 Å². The lowest BCUT2D eigenvalue weighted by Gasteiger charge is -2.10. The molecule has 154 valence electrons. The number of aromatic nitrogens is 3. The Morgan fingerprint density at radius 2 is 2.03 bits per heavy atom. The summed E-state index contributed by atoms with van der Waals surface area (Å²) < 4.78 is 2.36. The van der Waals surface area contributed by atoms with Gasteiger partial charge in [0.15, 0.2) is 5.65 Å². The van der Waals surface area contributed by atoms with Gasteiger partial charge in [-0.15, -0.1) is 11.3 Å². The summed E-state index contributed by atoms with van der Waals surface area (Å²) in [5, 5.41) is 25.9. The molecule has 0 radical (unpaired) electrons. The number of aryl methyl sites for hydroxylation is 1. The predicted octanol–water partition coefficient (Wildman–Crippen LogP) is 1.57. The van der Waals surface area contributed by atoms with Gasteiger partial charge in [-0.3, -0.25) is 9.78 Å². The minimum Gasteiger partial charge on any atom is -0.402 e. The Hall–Kier alpha value is -3.86. The predicted molar refractivity (Wildman–Crippen MR) is 119 cm³/mol. The third kappa shape index (κ3) is 3.82. The third-order valence-corrected chi connectivity index (χ3v) is 5.56. The second-order valence-electron chi connectivity index (χ2n) is 6.40. The largest absolute Gasteiger partial charge is 0.402 e. The van der Waals surface area contributed by atoms with Crippen LogP contribution in [-0.4, -0.2) is 39.1 Å². The number of carbonyl (C=O) groups excluding carboxylic acids is 1. The Bertz CT molecular complexity index is 1190. The molecule has 3 aromatic rings. The van der Waals surface area contributed by atoms with Crippen LogP contribution in [0.2, 0.25) is 0 Å². The van der Waals surface area contributed by atoms with Crippen LogP contribution in [0.5, 0.6) is 0 Å². The number of carbonyl (C=O) groups is 1. The van der Waals surface area contributed by atoms with E-state index in [2.05, 4.69) is 15.3 Å². The first-order valence-electron chi connectivity index (χ1n) is 8.86. The van der Waals surface area contributed by atoms with Crippen LogP contribution in [0.25, 0.3) is 10.3 Å². The highest BCUT2D eigenvalue weighted by atomic mass is 32.1. The number of amides is 1. The van der Waals surface area contributed by atoms with E-state index in [0.29, 0.717) is 46.0 Å². The SMILES string of the molecule is Cn1c(C(=O)NCc2nccc(N)c2C=N)c(C=N)c2sc(CC(N)=CC=N)nc21. The summed E-state index contributed by atoms with van der Waals surface area (Å²) in [5.74, 6) is -0.383. The van der Waals surface area contributed by atoms with Crippen LogP contribution in [0.15, 0.2) is 24.0 Å². The van der Waals surface area contributed by atoms with Gasteiger partial charge in [0, 0.05) is 60.8 Å². The first kappa shape index (κ1) is 20.9. The van der Waals surface area contributed by atoms with E-state index in [1.807, 2.05) is 0 Å². The maximum atomic E-state index is 12.9. The summed E-state index contributed by atoms with van der Waals surface area (Å²) in [6.45, 7) is 0.0918. The van der Waals surface area contributed by atoms with Gasteiger partial charge in [-0.1, -0.05) is 0 Å². The van der Waals surface area contributed by atoms with E-state index in [-0.39, 0.29) is 12.5 Å². The molecular weight excluding hydrogens is 402 g/mol. The fraction of sp³-hybridized carbons (Fsp3) is 0.158. The highest BCUT2D eigenvalue weighted by Crippen LogP contribution is 2.30. The summed E-state index contributed by atoms with van der Waals surface area (Å²) >= 11 is 1.36. The van der Waals surface area contributed by atoms with Gasteiger partial charge in [-0.05, 0) is 12.1 Å². The second kappa shape index (κ2) is 8.66. The van der Waals surface area contributed by atoms with Crippen LogP contribution in [0.1, 0.15) is 32.3 Å². The molecule has 0 aliphatic heterocycles. The first-order chi connectivity index (χ1) is 14.4. The molecule has 3 heterocycles. The molecule has 3 aromatic heterocycles. The fourth-order valence-corrected chi connectivity index (χ4v) is 4.21. The number of thiazole rings is 1. The van der Waals surface area contributed by atoms with Gasteiger partial charge in [0.25, 0.3) is 5.91 Å². The number of allylic oxidation sites excluding steroid dienone is 2. The number of nitrogen functional groups attached to an aromatic ring is 1. The molecule has 0 unspecified atom stereocenters. The lowest BCUT2D eigenvalue weighted by molar-refractivity contribution is 0.0942. The summed E-state index contributed by atoms with van der Waals surface area (Å²) in [4.78, 5) is 21.6. The van der Waals surface area contributed by atoms with Crippen LogP contribution in [0.3, 0.4) is 0 Å². The van der Waals surface area contributed by atoms with Crippen molar-refractivity contribution in [2.24, 2.45) is 12.8 Å². The van der Waals surface area contributed by atoms with Gasteiger partial charge in [0.1, 0.15) is 10.7 Å². The van der Waals surface area contributed by atoms with E-state index in [1.54, 1.807) is 17.7 Å². The third-order valence-electron chi connectivity index (χ3n) is 4.49. The molecular formula is C19H21N9OS. The van der Waals surface area contributed by atoms with Gasteiger partial charge >= 0.3 is 0 Å². The van der Waals surface area contributed by atoms with Crippen molar-refractivity contribution in [3.63, 3.8) is 0 Å². The van der Waals surface area contributed by atoms with Gasteiger partial charge < -0.3 is 37.6 Å². The Morgan fingerprint density at radius 3 is 2.70 bits per heavy atom. The smallest absolute Gasteiger partial charge is 0.269 e. The standard InChI is InChI=1S/C19H21N9OS/c1-28-16(19(29)26-9-14-11(7-21)13(24)3-5-25-14)12(8-22)17-18(28)27-15(30-17)6-10(23)2-4-20/h2-5,7-8,20-22H,6,9,23H2,1H3,(H2,24,25)(H,26,29). The molecule has 0 fully saturated rings. The minimum absolute atomic E-state index is 0.0918. The molecule has 0 spiro atoms. The molecule has 10 nitrogen and oxygen atoms in total. The van der Waals surface area contributed by atoms with E-state index in [1.165, 1.54) is 23.6 Å². The molecule has 0 bridgehead atoms. The molecule has 0 saturated carbocycles. The molecule has 0 atom stereocenters. The maximum Gasteiger partial charge on any atom is 0.269 e. The Kier molecular flexibility index (Phi) is 6.02. The number of hydrogen-bond acceptors (Lipinski definition) is 9. The van der Waals surface area contributed by atoms with Crippen LogP contribution in [-0.2, 0) is 20.0 Å². The second-order valence-corrected chi connectivity index (χ2v) is 7.48. The van der Waals surface area contributed by atoms with Crippen molar-refractivity contribution in [3.8, 4) is 0 Å². The molecule has 11 heteroatoms. The fourth-order valence-electron chi connectivity index (χ4n) is 3.07. The quantitative estimate of drug-likeness (QED) is 0.300. The zero-order chi connectivity index (χ0) is 21.8. The molecule has 8 N–H and O–H groups in total. The normalized spacial score (nSPS) is 11.4. The van der Waals surface area contributed by atoms with Crippen molar-refractivity contribution < 1.29 is 4.79 Å². The summed E-state index contributed by atoms with van der Waals surface area (Å²) in [6, 6.07) is 1.59. The average Bonchev–Trinajstić information content (AvgIpc) is 3.23. The van der Waals surface area contributed by atoms with Crippen molar-refractivity contribution in [1.82, 2.24) is 19.9 Å². The Morgan fingerprint density at radius 1 is 1.30 bits per heavy atom. The van der Waals surface area contributed by atoms with Gasteiger partial charge in [0.05, 0.1) is 16.9 Å². The highest BCUT2D eigenvalue weighted by molar-refractivity contribution is 7.19. The number of nitrogens with two attached hydrogens (primary N) is 2. The van der Waals surface area contributed by atoms with Crippen LogP contribution in [0, 0.1) is 16.2 Å². The molecule has 3 rings (SSSR count). The Labute approximate surface area is 176 Å². The summed E-state index contributed by atoms with van der Waals surface area (Å²) in [5.41, 5.74) is 14.9. The van der Waals surface area contributed by atoms with Gasteiger partial charge in [0.2, 0.25) is 0 Å². The minimum atomic E-state index is -0.383. The highest BCUT2D eigenvalue weighted by Gasteiger charge is 2.23. The lowest BCUT2D eigenvalue weighted by atomic mass is 10.1. The van der Waals surface area contributed by atoms with E-state index < -0.39 is 0 Å². The van der Waals surface area contributed by atoms with Crippen molar-refractivity contribution in [2.75, 3.05) is 5.73 Å². The Balaban J connectivity index is 1.90. The van der Waals surface area contributed by atoms with Gasteiger partial charge in [-0.25, -0.2) is 4.98 Å². The zero-order valence-corrected chi connectivity index (χ0v) is 17.0. The van der Waals surface area contributed by atoms with Crippen LogP contribution in [0.4, 0.5) is 5.69 Å². The first-order valence-corrected chi connectivity index (χ1v) is 9.68. The van der Waals surface area contributed by atoms with Crippen LogP contribution < -0.4 is 16.8 Å². The zero-order valence-electron chi connectivity index (χ0n) is 16.2. The monoisotopic (exact) mass is 423 g/mol. The van der Waals surface area contributed by atoms with E-state index in [0.717, 1.165) is 28.4 Å². The topological polar surface area (TPSA) is 183 Å². The molecule has 1 amide bonds. The summed E-state index contributed by atoms with van der Waals surface area (Å²) in [7, 11) is 1.71. The van der Waals surface area contributed by atoms with Crippen molar-refractivity contribution in [2.45, 2.75) is 13.0 Å². The van der Waals surface area contributed by atoms with Crippen molar-refractivity contribution in [3.05, 3.63) is 51.6 Å². The van der Waals surface area contributed by atoms with Crippen molar-refractivity contribution in [1.29, 1.82) is 16.2 Å². The molecule has 0 aliphatic carbocycles. The maximum absolute atomic E-state index is 12.9. The lowest BCUT2D eigenvalue weighted by Crippen LogP contribution is -2.27.